The molecule has 0 atom stereocenters. The lowest BCUT2D eigenvalue weighted by Crippen LogP contribution is -2.46. The van der Waals surface area contributed by atoms with Crippen LogP contribution < -0.4 is 19.9 Å². The lowest BCUT2D eigenvalue weighted by molar-refractivity contribution is 0.244. The number of aromatic amines is 1. The summed E-state index contributed by atoms with van der Waals surface area (Å²) in [6, 6.07) is 9.90. The molecule has 0 bridgehead atoms. The van der Waals surface area contributed by atoms with Crippen molar-refractivity contribution in [3.63, 3.8) is 0 Å². The Bertz CT molecular complexity index is 1120. The largest absolute Gasteiger partial charge is 0.493 e. The number of hydrogen-bond donors (Lipinski definition) is 1. The molecule has 4 rings (SSSR count). The summed E-state index contributed by atoms with van der Waals surface area (Å²) in [4.78, 5) is 25.0. The number of anilines is 1. The standard InChI is InChI=1S/C23H28N4O3/c1-15-6-5-7-19(16(15)2)27-10-8-26(9-11-27)14-22-24-18-13-21(30-4)20(29-3)12-17(18)23(28)25-22/h5-7,12-13H,8-11,14H2,1-4H3,(H,24,25,28). The number of hydrogen-bond acceptors (Lipinski definition) is 6. The van der Waals surface area contributed by atoms with Gasteiger partial charge in [-0.3, -0.25) is 9.69 Å². The van der Waals surface area contributed by atoms with Gasteiger partial charge < -0.3 is 19.4 Å². The highest BCUT2D eigenvalue weighted by molar-refractivity contribution is 5.81. The second-order valence-corrected chi connectivity index (χ2v) is 7.72. The first-order valence-electron chi connectivity index (χ1n) is 10.2. The van der Waals surface area contributed by atoms with Crippen molar-refractivity contribution in [1.82, 2.24) is 14.9 Å². The molecule has 1 aliphatic heterocycles. The number of H-pyrrole nitrogens is 1. The highest BCUT2D eigenvalue weighted by atomic mass is 16.5. The maximum Gasteiger partial charge on any atom is 0.258 e. The number of methoxy groups -OCH3 is 2. The van der Waals surface area contributed by atoms with Crippen LogP contribution in [-0.2, 0) is 6.54 Å². The van der Waals surface area contributed by atoms with E-state index in [2.05, 4.69) is 51.8 Å². The third-order valence-electron chi connectivity index (χ3n) is 5.92. The molecule has 7 nitrogen and oxygen atoms in total. The number of aromatic nitrogens is 2. The summed E-state index contributed by atoms with van der Waals surface area (Å²) in [7, 11) is 3.13. The summed E-state index contributed by atoms with van der Waals surface area (Å²) in [5.41, 5.74) is 4.43. The molecular weight excluding hydrogens is 380 g/mol. The smallest absolute Gasteiger partial charge is 0.258 e. The molecule has 1 aromatic heterocycles. The Morgan fingerprint density at radius 2 is 1.73 bits per heavy atom. The Labute approximate surface area is 176 Å². The number of fused-ring (bicyclic) bond motifs is 1. The summed E-state index contributed by atoms with van der Waals surface area (Å²) >= 11 is 0. The average Bonchev–Trinajstić information content (AvgIpc) is 2.75. The normalized spacial score (nSPS) is 14.9. The topological polar surface area (TPSA) is 70.7 Å². The van der Waals surface area contributed by atoms with Crippen LogP contribution >= 0.6 is 0 Å². The lowest BCUT2D eigenvalue weighted by atomic mass is 10.1. The third kappa shape index (κ3) is 3.85. The SMILES string of the molecule is COc1cc2nc(CN3CCN(c4cccc(C)c4C)CC3)[nH]c(=O)c2cc1OC. The Kier molecular flexibility index (Phi) is 5.63. The van der Waals surface area contributed by atoms with Gasteiger partial charge in [0.2, 0.25) is 0 Å². The van der Waals surface area contributed by atoms with Gasteiger partial charge in [0, 0.05) is 37.9 Å². The van der Waals surface area contributed by atoms with Gasteiger partial charge >= 0.3 is 0 Å². The highest BCUT2D eigenvalue weighted by Crippen LogP contribution is 2.30. The molecule has 2 aromatic carbocycles. The van der Waals surface area contributed by atoms with E-state index in [1.807, 2.05) is 0 Å². The maximum atomic E-state index is 12.6. The molecule has 0 aliphatic carbocycles. The second-order valence-electron chi connectivity index (χ2n) is 7.72. The van der Waals surface area contributed by atoms with Crippen LogP contribution in [0.3, 0.4) is 0 Å². The van der Waals surface area contributed by atoms with E-state index in [0.717, 1.165) is 26.2 Å². The van der Waals surface area contributed by atoms with E-state index in [1.54, 1.807) is 26.4 Å². The van der Waals surface area contributed by atoms with Crippen molar-refractivity contribution in [2.45, 2.75) is 20.4 Å². The average molecular weight is 409 g/mol. The molecule has 3 aromatic rings. The Morgan fingerprint density at radius 1 is 1.03 bits per heavy atom. The predicted molar refractivity (Wildman–Crippen MR) is 119 cm³/mol. The van der Waals surface area contributed by atoms with E-state index in [0.29, 0.717) is 34.8 Å². The van der Waals surface area contributed by atoms with Crippen molar-refractivity contribution >= 4 is 16.6 Å². The van der Waals surface area contributed by atoms with Crippen LogP contribution in [0.1, 0.15) is 17.0 Å². The van der Waals surface area contributed by atoms with E-state index >= 15 is 0 Å². The summed E-state index contributed by atoms with van der Waals surface area (Å²) in [5, 5.41) is 0.496. The molecule has 1 saturated heterocycles. The van der Waals surface area contributed by atoms with Gasteiger partial charge in [-0.1, -0.05) is 12.1 Å². The van der Waals surface area contributed by atoms with Gasteiger partial charge in [0.25, 0.3) is 5.56 Å². The number of nitrogens with one attached hydrogen (secondary N) is 1. The number of ether oxygens (including phenoxy) is 2. The molecule has 0 unspecified atom stereocenters. The van der Waals surface area contributed by atoms with Crippen LogP contribution in [0.25, 0.3) is 10.9 Å². The van der Waals surface area contributed by atoms with E-state index in [9.17, 15) is 4.79 Å². The fourth-order valence-electron chi connectivity index (χ4n) is 4.03. The molecule has 30 heavy (non-hydrogen) atoms. The zero-order chi connectivity index (χ0) is 21.3. The quantitative estimate of drug-likeness (QED) is 0.700. The van der Waals surface area contributed by atoms with E-state index in [-0.39, 0.29) is 5.56 Å². The zero-order valence-corrected chi connectivity index (χ0v) is 18.0. The molecular formula is C23H28N4O3. The number of benzene rings is 2. The van der Waals surface area contributed by atoms with Crippen molar-refractivity contribution in [2.24, 2.45) is 0 Å². The molecule has 1 fully saturated rings. The van der Waals surface area contributed by atoms with Crippen LogP contribution in [0.2, 0.25) is 0 Å². The Morgan fingerprint density at radius 3 is 2.43 bits per heavy atom. The summed E-state index contributed by atoms with van der Waals surface area (Å²) in [6.07, 6.45) is 0. The van der Waals surface area contributed by atoms with Crippen LogP contribution in [0.4, 0.5) is 5.69 Å². The fraction of sp³-hybridized carbons (Fsp3) is 0.391. The molecule has 1 N–H and O–H groups in total. The summed E-state index contributed by atoms with van der Waals surface area (Å²) < 4.78 is 10.6. The number of aryl methyl sites for hydroxylation is 1. The zero-order valence-electron chi connectivity index (χ0n) is 18.0. The van der Waals surface area contributed by atoms with Crippen molar-refractivity contribution < 1.29 is 9.47 Å². The van der Waals surface area contributed by atoms with Crippen LogP contribution in [0, 0.1) is 13.8 Å². The molecule has 158 valence electrons. The van der Waals surface area contributed by atoms with E-state index in [4.69, 9.17) is 9.47 Å². The van der Waals surface area contributed by atoms with Crippen LogP contribution in [0.15, 0.2) is 35.1 Å². The van der Waals surface area contributed by atoms with E-state index in [1.165, 1.54) is 16.8 Å². The predicted octanol–water partition coefficient (Wildman–Crippen LogP) is 2.88. The minimum absolute atomic E-state index is 0.162. The van der Waals surface area contributed by atoms with Crippen LogP contribution in [0.5, 0.6) is 11.5 Å². The number of piperazine rings is 1. The minimum atomic E-state index is -0.162. The Hall–Kier alpha value is -3.06. The van der Waals surface area contributed by atoms with Gasteiger partial charge in [-0.25, -0.2) is 4.98 Å². The first-order chi connectivity index (χ1) is 14.5. The summed E-state index contributed by atoms with van der Waals surface area (Å²) in [5.74, 6) is 1.75. The molecule has 0 amide bonds. The number of rotatable bonds is 5. The number of nitrogens with zero attached hydrogens (tertiary/aromatic N) is 3. The molecule has 2 heterocycles. The van der Waals surface area contributed by atoms with Crippen molar-refractivity contribution in [1.29, 1.82) is 0 Å². The second kappa shape index (κ2) is 8.36. The van der Waals surface area contributed by atoms with Gasteiger partial charge in [-0.2, -0.15) is 0 Å². The van der Waals surface area contributed by atoms with Gasteiger partial charge in [-0.05, 0) is 37.1 Å². The first-order valence-corrected chi connectivity index (χ1v) is 10.2. The fourth-order valence-corrected chi connectivity index (χ4v) is 4.03. The molecule has 1 aliphatic rings. The van der Waals surface area contributed by atoms with Gasteiger partial charge in [0.1, 0.15) is 5.82 Å². The van der Waals surface area contributed by atoms with Gasteiger partial charge in [0.15, 0.2) is 11.5 Å². The maximum absolute atomic E-state index is 12.6. The first kappa shape index (κ1) is 20.2. The summed E-state index contributed by atoms with van der Waals surface area (Å²) in [6.45, 7) is 8.69. The molecule has 0 radical (unpaired) electrons. The minimum Gasteiger partial charge on any atom is -0.493 e. The van der Waals surface area contributed by atoms with E-state index < -0.39 is 0 Å². The third-order valence-corrected chi connectivity index (χ3v) is 5.92. The van der Waals surface area contributed by atoms with Crippen molar-refractivity contribution in [2.75, 3.05) is 45.3 Å². The lowest BCUT2D eigenvalue weighted by Gasteiger charge is -2.36. The van der Waals surface area contributed by atoms with Crippen LogP contribution in [-0.4, -0.2) is 55.3 Å². The van der Waals surface area contributed by atoms with Gasteiger partial charge in [0.05, 0.1) is 31.7 Å². The molecule has 7 heteroatoms. The molecule has 0 saturated carbocycles. The van der Waals surface area contributed by atoms with Crippen molar-refractivity contribution in [3.05, 3.63) is 57.6 Å². The molecule has 0 spiro atoms. The highest BCUT2D eigenvalue weighted by Gasteiger charge is 2.20. The van der Waals surface area contributed by atoms with Crippen molar-refractivity contribution in [3.8, 4) is 11.5 Å². The van der Waals surface area contributed by atoms with Gasteiger partial charge in [-0.15, -0.1) is 0 Å². The Balaban J connectivity index is 1.50. The monoisotopic (exact) mass is 408 g/mol.